The molecule has 2 rings (SSSR count). The standard InChI is InChI=1S/C12H19NS/c1-9-3-4-12(10(2)7-9)13-11-5-6-14-8-11/h5-6,8-10,12-13H,3-4,7H2,1-2H3. The summed E-state index contributed by atoms with van der Waals surface area (Å²) in [5, 5.41) is 7.98. The van der Waals surface area contributed by atoms with Gasteiger partial charge in [0.2, 0.25) is 0 Å². The van der Waals surface area contributed by atoms with Gasteiger partial charge in [-0.25, -0.2) is 0 Å². The van der Waals surface area contributed by atoms with Gasteiger partial charge in [0, 0.05) is 17.1 Å². The Morgan fingerprint density at radius 2 is 2.21 bits per heavy atom. The number of hydrogen-bond donors (Lipinski definition) is 1. The monoisotopic (exact) mass is 209 g/mol. The largest absolute Gasteiger partial charge is 0.381 e. The van der Waals surface area contributed by atoms with Gasteiger partial charge in [0.1, 0.15) is 0 Å². The van der Waals surface area contributed by atoms with E-state index in [1.165, 1.54) is 24.9 Å². The van der Waals surface area contributed by atoms with E-state index in [9.17, 15) is 0 Å². The highest BCUT2D eigenvalue weighted by molar-refractivity contribution is 7.08. The predicted molar refractivity (Wildman–Crippen MR) is 63.9 cm³/mol. The first-order valence-electron chi connectivity index (χ1n) is 5.54. The predicted octanol–water partition coefficient (Wildman–Crippen LogP) is 3.98. The molecule has 0 spiro atoms. The van der Waals surface area contributed by atoms with Crippen molar-refractivity contribution in [3.8, 4) is 0 Å². The lowest BCUT2D eigenvalue weighted by Crippen LogP contribution is -2.32. The second-order valence-electron chi connectivity index (χ2n) is 4.66. The maximum absolute atomic E-state index is 3.64. The molecule has 0 bridgehead atoms. The molecule has 1 aliphatic rings. The zero-order chi connectivity index (χ0) is 9.97. The lowest BCUT2D eigenvalue weighted by atomic mass is 9.80. The third-order valence-electron chi connectivity index (χ3n) is 3.30. The Morgan fingerprint density at radius 1 is 1.36 bits per heavy atom. The van der Waals surface area contributed by atoms with Crippen LogP contribution in [-0.4, -0.2) is 6.04 Å². The Morgan fingerprint density at radius 3 is 2.86 bits per heavy atom. The second-order valence-corrected chi connectivity index (χ2v) is 5.44. The zero-order valence-electron chi connectivity index (χ0n) is 8.99. The van der Waals surface area contributed by atoms with Crippen molar-refractivity contribution in [2.45, 2.75) is 39.2 Å². The molecule has 1 fully saturated rings. The summed E-state index contributed by atoms with van der Waals surface area (Å²) in [6.07, 6.45) is 4.09. The molecule has 14 heavy (non-hydrogen) atoms. The minimum absolute atomic E-state index is 0.695. The van der Waals surface area contributed by atoms with Crippen LogP contribution >= 0.6 is 11.3 Å². The Kier molecular flexibility index (Phi) is 3.12. The third kappa shape index (κ3) is 2.30. The van der Waals surface area contributed by atoms with Crippen LogP contribution in [0.5, 0.6) is 0 Å². The van der Waals surface area contributed by atoms with E-state index in [4.69, 9.17) is 0 Å². The molecule has 3 unspecified atom stereocenters. The van der Waals surface area contributed by atoms with E-state index < -0.39 is 0 Å². The van der Waals surface area contributed by atoms with Crippen molar-refractivity contribution in [3.05, 3.63) is 16.8 Å². The summed E-state index contributed by atoms with van der Waals surface area (Å²) in [6, 6.07) is 2.87. The van der Waals surface area contributed by atoms with Crippen LogP contribution in [0, 0.1) is 11.8 Å². The maximum atomic E-state index is 3.64. The van der Waals surface area contributed by atoms with Crippen LogP contribution in [-0.2, 0) is 0 Å². The second kappa shape index (κ2) is 4.35. The van der Waals surface area contributed by atoms with Gasteiger partial charge in [-0.2, -0.15) is 11.3 Å². The molecular formula is C12H19NS. The summed E-state index contributed by atoms with van der Waals surface area (Å²) in [6.45, 7) is 4.75. The van der Waals surface area contributed by atoms with Gasteiger partial charge in [-0.15, -0.1) is 0 Å². The molecule has 0 amide bonds. The minimum Gasteiger partial charge on any atom is -0.381 e. The van der Waals surface area contributed by atoms with Crippen molar-refractivity contribution in [3.63, 3.8) is 0 Å². The summed E-state index contributed by atoms with van der Waals surface area (Å²) in [5.41, 5.74) is 1.31. The lowest BCUT2D eigenvalue weighted by Gasteiger charge is -2.33. The van der Waals surface area contributed by atoms with Gasteiger partial charge >= 0.3 is 0 Å². The van der Waals surface area contributed by atoms with Crippen molar-refractivity contribution >= 4 is 17.0 Å². The first-order chi connectivity index (χ1) is 6.75. The fourth-order valence-electron chi connectivity index (χ4n) is 2.44. The van der Waals surface area contributed by atoms with Crippen molar-refractivity contribution < 1.29 is 0 Å². The van der Waals surface area contributed by atoms with Gasteiger partial charge in [-0.3, -0.25) is 0 Å². The Hall–Kier alpha value is -0.500. The van der Waals surface area contributed by atoms with Gasteiger partial charge in [-0.05, 0) is 42.5 Å². The molecule has 2 heteroatoms. The van der Waals surface area contributed by atoms with Gasteiger partial charge in [0.25, 0.3) is 0 Å². The van der Waals surface area contributed by atoms with Crippen LogP contribution in [0.25, 0.3) is 0 Å². The summed E-state index contributed by atoms with van der Waals surface area (Å²) >= 11 is 1.77. The topological polar surface area (TPSA) is 12.0 Å². The van der Waals surface area contributed by atoms with Gasteiger partial charge in [0.05, 0.1) is 0 Å². The molecule has 3 atom stereocenters. The fraction of sp³-hybridized carbons (Fsp3) is 0.667. The van der Waals surface area contributed by atoms with E-state index in [2.05, 4.69) is 36.0 Å². The molecular weight excluding hydrogens is 190 g/mol. The Balaban J connectivity index is 1.92. The van der Waals surface area contributed by atoms with E-state index in [-0.39, 0.29) is 0 Å². The van der Waals surface area contributed by atoms with Crippen LogP contribution < -0.4 is 5.32 Å². The smallest absolute Gasteiger partial charge is 0.0451 e. The number of anilines is 1. The van der Waals surface area contributed by atoms with Crippen LogP contribution in [0.1, 0.15) is 33.1 Å². The Bertz CT molecular complexity index is 268. The van der Waals surface area contributed by atoms with Gasteiger partial charge in [0.15, 0.2) is 0 Å². The van der Waals surface area contributed by atoms with Crippen molar-refractivity contribution in [2.24, 2.45) is 11.8 Å². The van der Waals surface area contributed by atoms with E-state index in [0.717, 1.165) is 11.8 Å². The molecule has 0 aromatic carbocycles. The quantitative estimate of drug-likeness (QED) is 0.776. The SMILES string of the molecule is CC1CCC(Nc2ccsc2)C(C)C1. The minimum atomic E-state index is 0.695. The highest BCUT2D eigenvalue weighted by Crippen LogP contribution is 2.31. The first kappa shape index (κ1) is 10.0. The number of thiophene rings is 1. The number of rotatable bonds is 2. The molecule has 78 valence electrons. The molecule has 1 aliphatic carbocycles. The molecule has 1 saturated carbocycles. The highest BCUT2D eigenvalue weighted by atomic mass is 32.1. The average molecular weight is 209 g/mol. The summed E-state index contributed by atoms with van der Waals surface area (Å²) in [4.78, 5) is 0. The number of hydrogen-bond acceptors (Lipinski definition) is 2. The molecule has 1 N–H and O–H groups in total. The maximum Gasteiger partial charge on any atom is 0.0451 e. The molecule has 0 saturated heterocycles. The van der Waals surface area contributed by atoms with Crippen molar-refractivity contribution in [2.75, 3.05) is 5.32 Å². The number of nitrogens with one attached hydrogen (secondary N) is 1. The van der Waals surface area contributed by atoms with E-state index >= 15 is 0 Å². The average Bonchev–Trinajstić information content (AvgIpc) is 2.62. The molecule has 1 heterocycles. The van der Waals surface area contributed by atoms with E-state index in [1.807, 2.05) is 0 Å². The van der Waals surface area contributed by atoms with Crippen molar-refractivity contribution in [1.82, 2.24) is 0 Å². The molecule has 1 aromatic rings. The summed E-state index contributed by atoms with van der Waals surface area (Å²) in [5.74, 6) is 1.74. The van der Waals surface area contributed by atoms with E-state index in [0.29, 0.717) is 6.04 Å². The Labute approximate surface area is 90.5 Å². The third-order valence-corrected chi connectivity index (χ3v) is 3.99. The summed E-state index contributed by atoms with van der Waals surface area (Å²) in [7, 11) is 0. The van der Waals surface area contributed by atoms with Gasteiger partial charge in [-0.1, -0.05) is 13.8 Å². The lowest BCUT2D eigenvalue weighted by molar-refractivity contribution is 0.276. The molecule has 1 nitrogen and oxygen atoms in total. The molecule has 0 aliphatic heterocycles. The van der Waals surface area contributed by atoms with Crippen LogP contribution in [0.2, 0.25) is 0 Å². The van der Waals surface area contributed by atoms with Crippen molar-refractivity contribution in [1.29, 1.82) is 0 Å². The van der Waals surface area contributed by atoms with Crippen LogP contribution in [0.4, 0.5) is 5.69 Å². The van der Waals surface area contributed by atoms with Gasteiger partial charge < -0.3 is 5.32 Å². The highest BCUT2D eigenvalue weighted by Gasteiger charge is 2.24. The van der Waals surface area contributed by atoms with Crippen LogP contribution in [0.15, 0.2) is 16.8 Å². The first-order valence-corrected chi connectivity index (χ1v) is 6.48. The molecule has 0 radical (unpaired) electrons. The van der Waals surface area contributed by atoms with Crippen LogP contribution in [0.3, 0.4) is 0 Å². The fourth-order valence-corrected chi connectivity index (χ4v) is 3.04. The summed E-state index contributed by atoms with van der Waals surface area (Å²) < 4.78 is 0. The normalized spacial score (nSPS) is 32.9. The van der Waals surface area contributed by atoms with E-state index in [1.54, 1.807) is 11.3 Å². The zero-order valence-corrected chi connectivity index (χ0v) is 9.81. The molecule has 1 aromatic heterocycles.